The number of hydrogen-bond acceptors (Lipinski definition) is 2. The molecule has 1 amide bonds. The minimum absolute atomic E-state index is 0.223. The van der Waals surface area contributed by atoms with Crippen LogP contribution in [0.5, 0.6) is 0 Å². The summed E-state index contributed by atoms with van der Waals surface area (Å²) in [4.78, 5) is 24.7. The number of carboxylic acids is 1. The number of rotatable bonds is 5. The van der Waals surface area contributed by atoms with Gasteiger partial charge in [-0.3, -0.25) is 9.59 Å². The second kappa shape index (κ2) is 6.06. The second-order valence-electron chi connectivity index (χ2n) is 5.00. The summed E-state index contributed by atoms with van der Waals surface area (Å²) in [5.74, 6) is -1.28. The topological polar surface area (TPSA) is 57.6 Å². The summed E-state index contributed by atoms with van der Waals surface area (Å²) in [6, 6.07) is 6.64. The van der Waals surface area contributed by atoms with E-state index in [9.17, 15) is 9.59 Å². The molecular weight excluding hydrogens is 266 g/mol. The van der Waals surface area contributed by atoms with E-state index in [0.29, 0.717) is 17.1 Å². The van der Waals surface area contributed by atoms with Crippen LogP contribution in [0.1, 0.15) is 27.2 Å². The van der Waals surface area contributed by atoms with Crippen LogP contribution in [-0.2, 0) is 9.59 Å². The normalized spacial score (nSPS) is 11.2. The van der Waals surface area contributed by atoms with Crippen molar-refractivity contribution in [3.63, 3.8) is 0 Å². The van der Waals surface area contributed by atoms with Gasteiger partial charge in [0.1, 0.15) is 6.54 Å². The summed E-state index contributed by atoms with van der Waals surface area (Å²) < 4.78 is 0. The molecule has 0 radical (unpaired) electrons. The molecule has 0 aliphatic heterocycles. The van der Waals surface area contributed by atoms with Crippen molar-refractivity contribution in [1.29, 1.82) is 0 Å². The Labute approximate surface area is 118 Å². The van der Waals surface area contributed by atoms with Crippen molar-refractivity contribution < 1.29 is 14.7 Å². The zero-order valence-corrected chi connectivity index (χ0v) is 12.1. The van der Waals surface area contributed by atoms with Gasteiger partial charge in [-0.25, -0.2) is 0 Å². The van der Waals surface area contributed by atoms with Crippen LogP contribution in [0.2, 0.25) is 5.02 Å². The molecule has 5 heteroatoms. The van der Waals surface area contributed by atoms with Crippen molar-refractivity contribution in [3.8, 4) is 0 Å². The lowest BCUT2D eigenvalue weighted by molar-refractivity contribution is -0.137. The number of nitrogens with zero attached hydrogens (tertiary/aromatic N) is 1. The maximum absolute atomic E-state index is 12.5. The quantitative estimate of drug-likeness (QED) is 0.903. The molecule has 1 aromatic rings. The Balaban J connectivity index is 3.15. The smallest absolute Gasteiger partial charge is 0.323 e. The van der Waals surface area contributed by atoms with E-state index in [4.69, 9.17) is 16.7 Å². The van der Waals surface area contributed by atoms with Gasteiger partial charge >= 0.3 is 5.97 Å². The van der Waals surface area contributed by atoms with Crippen molar-refractivity contribution in [2.75, 3.05) is 11.4 Å². The van der Waals surface area contributed by atoms with E-state index in [0.717, 1.165) is 0 Å². The van der Waals surface area contributed by atoms with Gasteiger partial charge in [0, 0.05) is 16.1 Å². The van der Waals surface area contributed by atoms with Gasteiger partial charge in [-0.2, -0.15) is 0 Å². The number of hydrogen-bond donors (Lipinski definition) is 1. The molecule has 0 heterocycles. The zero-order valence-electron chi connectivity index (χ0n) is 11.3. The van der Waals surface area contributed by atoms with Crippen molar-refractivity contribution in [2.24, 2.45) is 5.41 Å². The molecule has 19 heavy (non-hydrogen) atoms. The van der Waals surface area contributed by atoms with E-state index in [1.165, 1.54) is 4.90 Å². The van der Waals surface area contributed by atoms with Gasteiger partial charge < -0.3 is 10.0 Å². The fourth-order valence-corrected chi connectivity index (χ4v) is 1.76. The zero-order chi connectivity index (χ0) is 14.6. The Morgan fingerprint density at radius 2 is 2.00 bits per heavy atom. The molecule has 1 aromatic carbocycles. The Morgan fingerprint density at radius 1 is 1.37 bits per heavy atom. The average Bonchev–Trinajstić information content (AvgIpc) is 2.34. The molecular formula is C14H18ClNO3. The molecule has 0 aliphatic rings. The summed E-state index contributed by atoms with van der Waals surface area (Å²) in [5.41, 5.74) is -0.112. The van der Waals surface area contributed by atoms with Crippen molar-refractivity contribution in [1.82, 2.24) is 0 Å². The monoisotopic (exact) mass is 283 g/mol. The van der Waals surface area contributed by atoms with Gasteiger partial charge in [0.15, 0.2) is 0 Å². The van der Waals surface area contributed by atoms with E-state index >= 15 is 0 Å². The second-order valence-corrected chi connectivity index (χ2v) is 5.44. The van der Waals surface area contributed by atoms with E-state index in [1.807, 2.05) is 6.92 Å². The highest BCUT2D eigenvalue weighted by molar-refractivity contribution is 6.31. The number of aliphatic carboxylic acids is 1. The highest BCUT2D eigenvalue weighted by Crippen LogP contribution is 2.28. The first-order chi connectivity index (χ1) is 8.77. The van der Waals surface area contributed by atoms with Gasteiger partial charge in [-0.05, 0) is 24.6 Å². The lowest BCUT2D eigenvalue weighted by atomic mass is 9.88. The molecule has 0 aromatic heterocycles. The average molecular weight is 284 g/mol. The summed E-state index contributed by atoms with van der Waals surface area (Å²) >= 11 is 5.89. The summed E-state index contributed by atoms with van der Waals surface area (Å²) in [7, 11) is 0. The molecule has 0 fully saturated rings. The first-order valence-corrected chi connectivity index (χ1v) is 6.45. The molecule has 4 nitrogen and oxygen atoms in total. The number of benzene rings is 1. The minimum atomic E-state index is -1.06. The van der Waals surface area contributed by atoms with E-state index in [-0.39, 0.29) is 12.5 Å². The van der Waals surface area contributed by atoms with Crippen LogP contribution in [0.25, 0.3) is 0 Å². The van der Waals surface area contributed by atoms with Crippen LogP contribution in [0.3, 0.4) is 0 Å². The van der Waals surface area contributed by atoms with Crippen molar-refractivity contribution >= 4 is 29.2 Å². The lowest BCUT2D eigenvalue weighted by Crippen LogP contribution is -2.43. The van der Waals surface area contributed by atoms with Crippen LogP contribution < -0.4 is 4.90 Å². The minimum Gasteiger partial charge on any atom is -0.480 e. The predicted molar refractivity (Wildman–Crippen MR) is 75.5 cm³/mol. The van der Waals surface area contributed by atoms with Crippen LogP contribution in [0.15, 0.2) is 24.3 Å². The van der Waals surface area contributed by atoms with Gasteiger partial charge in [0.25, 0.3) is 0 Å². The van der Waals surface area contributed by atoms with Gasteiger partial charge in [0.2, 0.25) is 5.91 Å². The molecule has 0 saturated heterocycles. The van der Waals surface area contributed by atoms with E-state index < -0.39 is 11.4 Å². The predicted octanol–water partition coefficient (Wildman–Crippen LogP) is 3.19. The summed E-state index contributed by atoms with van der Waals surface area (Å²) in [5, 5.41) is 9.44. The Bertz CT molecular complexity index is 485. The van der Waals surface area contributed by atoms with Gasteiger partial charge in [0.05, 0.1) is 0 Å². The first kappa shape index (κ1) is 15.5. The Morgan fingerprint density at radius 3 is 2.47 bits per heavy atom. The molecule has 0 aliphatic carbocycles. The molecule has 0 bridgehead atoms. The SMILES string of the molecule is CCC(C)(C)C(=O)N(CC(=O)O)c1cccc(Cl)c1. The van der Waals surface area contributed by atoms with E-state index in [2.05, 4.69) is 0 Å². The fourth-order valence-electron chi connectivity index (χ4n) is 1.58. The Kier molecular flexibility index (Phi) is 4.95. The molecule has 0 unspecified atom stereocenters. The fraction of sp³-hybridized carbons (Fsp3) is 0.429. The van der Waals surface area contributed by atoms with Crippen molar-refractivity contribution in [3.05, 3.63) is 29.3 Å². The van der Waals surface area contributed by atoms with E-state index in [1.54, 1.807) is 38.1 Å². The number of carbonyl (C=O) groups excluding carboxylic acids is 1. The van der Waals surface area contributed by atoms with Gasteiger partial charge in [-0.15, -0.1) is 0 Å². The van der Waals surface area contributed by atoms with Gasteiger partial charge in [-0.1, -0.05) is 38.4 Å². The van der Waals surface area contributed by atoms with Crippen molar-refractivity contribution in [2.45, 2.75) is 27.2 Å². The third-order valence-corrected chi connectivity index (χ3v) is 3.36. The molecule has 0 spiro atoms. The maximum Gasteiger partial charge on any atom is 0.323 e. The largest absolute Gasteiger partial charge is 0.480 e. The molecule has 104 valence electrons. The summed E-state index contributed by atoms with van der Waals surface area (Å²) in [6.07, 6.45) is 0.627. The number of halogens is 1. The number of carbonyl (C=O) groups is 2. The summed E-state index contributed by atoms with van der Waals surface area (Å²) in [6.45, 7) is 5.13. The number of amides is 1. The molecule has 1 N–H and O–H groups in total. The van der Waals surface area contributed by atoms with Crippen LogP contribution in [-0.4, -0.2) is 23.5 Å². The Hall–Kier alpha value is -1.55. The maximum atomic E-state index is 12.5. The standard InChI is InChI=1S/C14H18ClNO3/c1-4-14(2,3)13(19)16(9-12(17)18)11-7-5-6-10(15)8-11/h5-8H,4,9H2,1-3H3,(H,17,18). The third kappa shape index (κ3) is 3.96. The van der Waals surface area contributed by atoms with Crippen LogP contribution >= 0.6 is 11.6 Å². The lowest BCUT2D eigenvalue weighted by Gasteiger charge is -2.30. The first-order valence-electron chi connectivity index (χ1n) is 6.07. The molecule has 0 atom stereocenters. The molecule has 0 saturated carbocycles. The van der Waals surface area contributed by atoms with Crippen LogP contribution in [0.4, 0.5) is 5.69 Å². The third-order valence-electron chi connectivity index (χ3n) is 3.12. The highest BCUT2D eigenvalue weighted by atomic mass is 35.5. The number of anilines is 1. The highest BCUT2D eigenvalue weighted by Gasteiger charge is 2.32. The molecule has 1 rings (SSSR count). The van der Waals surface area contributed by atoms with Crippen LogP contribution in [0, 0.1) is 5.41 Å². The number of carboxylic acid groups (broad SMARTS) is 1.